The molecule has 0 radical (unpaired) electrons. The molecule has 202 valence electrons. The lowest BCUT2D eigenvalue weighted by molar-refractivity contribution is -0.0367. The van der Waals surface area contributed by atoms with E-state index >= 15 is 0 Å². The van der Waals surface area contributed by atoms with Crippen molar-refractivity contribution in [2.75, 3.05) is 33.3 Å². The SMILES string of the molecule is CNC(=S)c1ccccc1-c1ccc2c(/C=C/c3ccn(CCN4CCCC4)n3)nn(C3CCCCO3)c2c1. The Morgan fingerprint density at radius 1 is 1.03 bits per heavy atom. The number of aromatic nitrogens is 4. The van der Waals surface area contributed by atoms with E-state index in [0.717, 1.165) is 82.9 Å². The first-order valence-electron chi connectivity index (χ1n) is 14.1. The van der Waals surface area contributed by atoms with Crippen molar-refractivity contribution in [3.8, 4) is 11.1 Å². The smallest absolute Gasteiger partial charge is 0.150 e. The molecule has 0 amide bonds. The molecule has 4 heterocycles. The highest BCUT2D eigenvalue weighted by Gasteiger charge is 2.21. The molecular weight excluding hydrogens is 504 g/mol. The van der Waals surface area contributed by atoms with Crippen LogP contribution in [0.4, 0.5) is 0 Å². The Labute approximate surface area is 235 Å². The summed E-state index contributed by atoms with van der Waals surface area (Å²) in [6.45, 7) is 5.18. The molecule has 2 aromatic carbocycles. The van der Waals surface area contributed by atoms with Crippen LogP contribution in [0.2, 0.25) is 0 Å². The largest absolute Gasteiger partial charge is 0.379 e. The highest BCUT2D eigenvalue weighted by Crippen LogP contribution is 2.33. The average molecular weight is 541 g/mol. The van der Waals surface area contributed by atoms with Crippen LogP contribution >= 0.6 is 12.2 Å². The third kappa shape index (κ3) is 5.69. The number of nitrogens with one attached hydrogen (secondary N) is 1. The molecule has 6 rings (SSSR count). The van der Waals surface area contributed by atoms with Gasteiger partial charge in [0.15, 0.2) is 6.23 Å². The van der Waals surface area contributed by atoms with Crippen LogP contribution in [0, 0.1) is 0 Å². The highest BCUT2D eigenvalue weighted by atomic mass is 32.1. The number of benzene rings is 2. The minimum absolute atomic E-state index is 0.0583. The lowest BCUT2D eigenvalue weighted by Gasteiger charge is -2.23. The van der Waals surface area contributed by atoms with Gasteiger partial charge in [0.05, 0.1) is 23.4 Å². The van der Waals surface area contributed by atoms with Gasteiger partial charge in [-0.1, -0.05) is 42.5 Å². The minimum Gasteiger partial charge on any atom is -0.379 e. The van der Waals surface area contributed by atoms with Gasteiger partial charge in [-0.05, 0) is 86.7 Å². The molecule has 0 saturated carbocycles. The standard InChI is InChI=1S/C31H36N6OS/c1-32-31(39)26-9-3-2-8-25(26)23-11-13-27-28(34-37(29(27)22-23)30-10-4-7-21-38-30)14-12-24-15-18-36(33-24)20-19-35-16-5-6-17-35/h2-3,8-9,11-15,18,22,30H,4-7,10,16-17,19-21H2,1H3,(H,32,39)/b14-12+. The van der Waals surface area contributed by atoms with Gasteiger partial charge >= 0.3 is 0 Å². The molecule has 0 spiro atoms. The van der Waals surface area contributed by atoms with Crippen LogP contribution in [-0.2, 0) is 11.3 Å². The van der Waals surface area contributed by atoms with Crippen LogP contribution in [0.3, 0.4) is 0 Å². The fourth-order valence-corrected chi connectivity index (χ4v) is 5.84. The number of thiocarbonyl (C=S) groups is 1. The Morgan fingerprint density at radius 2 is 1.90 bits per heavy atom. The van der Waals surface area contributed by atoms with Crippen molar-refractivity contribution in [3.05, 3.63) is 71.7 Å². The molecule has 39 heavy (non-hydrogen) atoms. The molecular formula is C31H36N6OS. The molecule has 1 unspecified atom stereocenters. The quantitative estimate of drug-likeness (QED) is 0.287. The van der Waals surface area contributed by atoms with Crippen molar-refractivity contribution in [2.45, 2.75) is 44.9 Å². The second-order valence-electron chi connectivity index (χ2n) is 10.4. The summed E-state index contributed by atoms with van der Waals surface area (Å²) < 4.78 is 10.3. The van der Waals surface area contributed by atoms with Gasteiger partial charge in [-0.25, -0.2) is 4.68 Å². The summed E-state index contributed by atoms with van der Waals surface area (Å²) in [7, 11) is 1.87. The fraction of sp³-hybridized carbons (Fsp3) is 0.387. The highest BCUT2D eigenvalue weighted by molar-refractivity contribution is 7.80. The molecule has 4 aromatic rings. The Kier molecular flexibility index (Phi) is 7.85. The van der Waals surface area contributed by atoms with Crippen molar-refractivity contribution >= 4 is 40.3 Å². The van der Waals surface area contributed by atoms with Crippen LogP contribution in [-0.4, -0.2) is 62.7 Å². The minimum atomic E-state index is -0.0583. The van der Waals surface area contributed by atoms with Gasteiger partial charge in [0.1, 0.15) is 4.99 Å². The molecule has 2 aliphatic heterocycles. The van der Waals surface area contributed by atoms with Gasteiger partial charge in [0, 0.05) is 37.3 Å². The average Bonchev–Trinajstić information content (AvgIpc) is 3.75. The van der Waals surface area contributed by atoms with Gasteiger partial charge in [-0.2, -0.15) is 10.2 Å². The maximum absolute atomic E-state index is 6.17. The summed E-state index contributed by atoms with van der Waals surface area (Å²) in [5, 5.41) is 14.1. The molecule has 2 fully saturated rings. The summed E-state index contributed by atoms with van der Waals surface area (Å²) in [5.41, 5.74) is 6.18. The van der Waals surface area contributed by atoms with E-state index in [2.05, 4.69) is 75.7 Å². The monoisotopic (exact) mass is 540 g/mol. The van der Waals surface area contributed by atoms with Crippen molar-refractivity contribution in [2.24, 2.45) is 0 Å². The second-order valence-corrected chi connectivity index (χ2v) is 10.8. The van der Waals surface area contributed by atoms with Crippen LogP contribution in [0.15, 0.2) is 54.7 Å². The van der Waals surface area contributed by atoms with E-state index in [1.807, 2.05) is 17.8 Å². The Bertz CT molecular complexity index is 1480. The summed E-state index contributed by atoms with van der Waals surface area (Å²) in [5.74, 6) is 0. The number of hydrogen-bond acceptors (Lipinski definition) is 5. The molecule has 7 nitrogen and oxygen atoms in total. The van der Waals surface area contributed by atoms with Crippen LogP contribution in [0.1, 0.15) is 55.3 Å². The van der Waals surface area contributed by atoms with E-state index in [9.17, 15) is 0 Å². The topological polar surface area (TPSA) is 60.1 Å². The molecule has 1 N–H and O–H groups in total. The molecule has 1 atom stereocenters. The molecule has 0 aliphatic carbocycles. The van der Waals surface area contributed by atoms with E-state index < -0.39 is 0 Å². The fourth-order valence-electron chi connectivity index (χ4n) is 5.66. The van der Waals surface area contributed by atoms with Crippen LogP contribution in [0.5, 0.6) is 0 Å². The van der Waals surface area contributed by atoms with Crippen molar-refractivity contribution in [1.82, 2.24) is 29.8 Å². The lowest BCUT2D eigenvalue weighted by atomic mass is 9.98. The first-order chi connectivity index (χ1) is 19.2. The normalized spacial score (nSPS) is 18.3. The molecule has 0 bridgehead atoms. The zero-order chi connectivity index (χ0) is 26.6. The number of fused-ring (bicyclic) bond motifs is 1. The summed E-state index contributed by atoms with van der Waals surface area (Å²) in [4.78, 5) is 3.25. The molecule has 2 aromatic heterocycles. The predicted octanol–water partition coefficient (Wildman–Crippen LogP) is 5.76. The number of nitrogens with zero attached hydrogens (tertiary/aromatic N) is 5. The van der Waals surface area contributed by atoms with Crippen LogP contribution < -0.4 is 5.32 Å². The van der Waals surface area contributed by atoms with Gasteiger partial charge in [-0.3, -0.25) is 4.68 Å². The third-order valence-corrected chi connectivity index (χ3v) is 8.22. The van der Waals surface area contributed by atoms with Gasteiger partial charge in [-0.15, -0.1) is 0 Å². The van der Waals surface area contributed by atoms with Gasteiger partial charge in [0.2, 0.25) is 0 Å². The molecule has 2 saturated heterocycles. The third-order valence-electron chi connectivity index (χ3n) is 7.79. The van der Waals surface area contributed by atoms with Crippen molar-refractivity contribution in [1.29, 1.82) is 0 Å². The van der Waals surface area contributed by atoms with E-state index in [0.29, 0.717) is 0 Å². The first-order valence-corrected chi connectivity index (χ1v) is 14.5. The Balaban J connectivity index is 1.31. The number of hydrogen-bond donors (Lipinski definition) is 1. The zero-order valence-electron chi connectivity index (χ0n) is 22.6. The Hall–Kier alpha value is -3.33. The van der Waals surface area contributed by atoms with E-state index in [1.54, 1.807) is 0 Å². The van der Waals surface area contributed by atoms with Crippen molar-refractivity contribution < 1.29 is 4.74 Å². The number of ether oxygens (including phenoxy) is 1. The summed E-state index contributed by atoms with van der Waals surface area (Å²) in [6, 6.07) is 16.9. The summed E-state index contributed by atoms with van der Waals surface area (Å²) >= 11 is 5.60. The second kappa shape index (κ2) is 11.8. The molecule has 2 aliphatic rings. The van der Waals surface area contributed by atoms with Crippen molar-refractivity contribution in [3.63, 3.8) is 0 Å². The Morgan fingerprint density at radius 3 is 2.72 bits per heavy atom. The van der Waals surface area contributed by atoms with E-state index in [1.165, 1.54) is 25.9 Å². The van der Waals surface area contributed by atoms with Crippen LogP contribution in [0.25, 0.3) is 34.2 Å². The van der Waals surface area contributed by atoms with E-state index in [-0.39, 0.29) is 6.23 Å². The summed E-state index contributed by atoms with van der Waals surface area (Å²) in [6.07, 6.45) is 12.0. The van der Waals surface area contributed by atoms with Gasteiger partial charge < -0.3 is 15.0 Å². The maximum atomic E-state index is 6.17. The van der Waals surface area contributed by atoms with E-state index in [4.69, 9.17) is 27.2 Å². The number of rotatable bonds is 8. The first kappa shape index (κ1) is 25.9. The lowest BCUT2D eigenvalue weighted by Crippen LogP contribution is -2.24. The maximum Gasteiger partial charge on any atom is 0.150 e. The number of likely N-dealkylation sites (tertiary alicyclic amines) is 1. The van der Waals surface area contributed by atoms with Gasteiger partial charge in [0.25, 0.3) is 0 Å². The predicted molar refractivity (Wildman–Crippen MR) is 162 cm³/mol. The molecule has 8 heteroatoms. The zero-order valence-corrected chi connectivity index (χ0v) is 23.4.